The molecule has 0 atom stereocenters. The van der Waals surface area contributed by atoms with Crippen molar-refractivity contribution in [2.75, 3.05) is 6.61 Å². The highest BCUT2D eigenvalue weighted by Crippen LogP contribution is 2.19. The monoisotopic (exact) mass is 198 g/mol. The third kappa shape index (κ3) is 2.99. The molecule has 0 aromatic heterocycles. The number of carboxylic acids is 1. The molecule has 0 aliphatic heterocycles. The molecule has 0 saturated heterocycles. The molecule has 1 N–H and O–H groups in total. The van der Waals surface area contributed by atoms with Gasteiger partial charge in [-0.3, -0.25) is 0 Å². The number of aliphatic carboxylic acids is 1. The van der Waals surface area contributed by atoms with E-state index in [9.17, 15) is 4.79 Å². The Morgan fingerprint density at radius 3 is 2.85 bits per heavy atom. The number of rotatable bonds is 3. The molecule has 13 heavy (non-hydrogen) atoms. The zero-order valence-electron chi connectivity index (χ0n) is 7.15. The molecule has 0 saturated carbocycles. The summed E-state index contributed by atoms with van der Waals surface area (Å²) >= 11 is 4.18. The number of hydrogen-bond donors (Lipinski definition) is 2. The van der Waals surface area contributed by atoms with Crippen LogP contribution in [0.1, 0.15) is 5.56 Å². The number of thiol groups is 1. The van der Waals surface area contributed by atoms with Crippen molar-refractivity contribution in [2.45, 2.75) is 11.8 Å². The molecule has 0 spiro atoms. The zero-order chi connectivity index (χ0) is 9.84. The van der Waals surface area contributed by atoms with Crippen LogP contribution < -0.4 is 4.74 Å². The van der Waals surface area contributed by atoms with E-state index in [4.69, 9.17) is 9.84 Å². The lowest BCUT2D eigenvalue weighted by atomic mass is 10.2. The molecule has 0 unspecified atom stereocenters. The molecule has 70 valence electrons. The molecular weight excluding hydrogens is 188 g/mol. The van der Waals surface area contributed by atoms with E-state index in [1.807, 2.05) is 6.92 Å². The predicted octanol–water partition coefficient (Wildman–Crippen LogP) is 1.75. The van der Waals surface area contributed by atoms with Crippen LogP contribution in [0.2, 0.25) is 0 Å². The average molecular weight is 198 g/mol. The van der Waals surface area contributed by atoms with Crippen LogP contribution in [0, 0.1) is 6.92 Å². The average Bonchev–Trinajstić information content (AvgIpc) is 2.07. The van der Waals surface area contributed by atoms with Gasteiger partial charge in [0.15, 0.2) is 6.61 Å². The number of carbonyl (C=O) groups is 1. The van der Waals surface area contributed by atoms with Crippen LogP contribution in [0.4, 0.5) is 0 Å². The second kappa shape index (κ2) is 4.18. The van der Waals surface area contributed by atoms with Gasteiger partial charge in [-0.15, -0.1) is 12.6 Å². The normalized spacial score (nSPS) is 9.69. The van der Waals surface area contributed by atoms with Gasteiger partial charge < -0.3 is 9.84 Å². The van der Waals surface area contributed by atoms with Crippen molar-refractivity contribution in [1.29, 1.82) is 0 Å². The van der Waals surface area contributed by atoms with Gasteiger partial charge in [0.2, 0.25) is 0 Å². The van der Waals surface area contributed by atoms with Crippen molar-refractivity contribution in [1.82, 2.24) is 0 Å². The third-order valence-corrected chi connectivity index (χ3v) is 2.03. The third-order valence-electron chi connectivity index (χ3n) is 1.53. The topological polar surface area (TPSA) is 46.5 Å². The quantitative estimate of drug-likeness (QED) is 0.727. The first-order chi connectivity index (χ1) is 6.09. The number of hydrogen-bond acceptors (Lipinski definition) is 3. The molecule has 3 nitrogen and oxygen atoms in total. The first-order valence-electron chi connectivity index (χ1n) is 3.74. The minimum atomic E-state index is -0.979. The largest absolute Gasteiger partial charge is 0.482 e. The van der Waals surface area contributed by atoms with E-state index >= 15 is 0 Å². The van der Waals surface area contributed by atoms with Crippen molar-refractivity contribution in [3.8, 4) is 5.75 Å². The summed E-state index contributed by atoms with van der Waals surface area (Å²) in [6.07, 6.45) is 0. The van der Waals surface area contributed by atoms with E-state index in [2.05, 4.69) is 12.6 Å². The van der Waals surface area contributed by atoms with Crippen LogP contribution >= 0.6 is 12.6 Å². The summed E-state index contributed by atoms with van der Waals surface area (Å²) < 4.78 is 4.97. The Morgan fingerprint density at radius 1 is 1.62 bits per heavy atom. The minimum absolute atomic E-state index is 0.314. The summed E-state index contributed by atoms with van der Waals surface area (Å²) in [5, 5.41) is 8.36. The van der Waals surface area contributed by atoms with E-state index < -0.39 is 5.97 Å². The van der Waals surface area contributed by atoms with Crippen molar-refractivity contribution in [3.05, 3.63) is 23.8 Å². The predicted molar refractivity (Wildman–Crippen MR) is 51.6 cm³/mol. The molecule has 0 radical (unpaired) electrons. The second-order valence-electron chi connectivity index (χ2n) is 2.63. The summed E-state index contributed by atoms with van der Waals surface area (Å²) in [7, 11) is 0. The second-order valence-corrected chi connectivity index (χ2v) is 3.11. The Kier molecular flexibility index (Phi) is 3.19. The minimum Gasteiger partial charge on any atom is -0.482 e. The van der Waals surface area contributed by atoms with Gasteiger partial charge in [0, 0.05) is 4.90 Å². The molecule has 1 rings (SSSR count). The Labute approximate surface area is 81.8 Å². The smallest absolute Gasteiger partial charge is 0.341 e. The number of carboxylic acid groups (broad SMARTS) is 1. The van der Waals surface area contributed by atoms with Gasteiger partial charge in [-0.05, 0) is 30.7 Å². The Hall–Kier alpha value is -1.16. The fourth-order valence-corrected chi connectivity index (χ4v) is 1.00. The summed E-state index contributed by atoms with van der Waals surface area (Å²) in [6.45, 7) is 1.57. The van der Waals surface area contributed by atoms with Crippen molar-refractivity contribution in [2.24, 2.45) is 0 Å². The molecule has 1 aromatic carbocycles. The van der Waals surface area contributed by atoms with E-state index in [0.717, 1.165) is 10.5 Å². The molecule has 0 heterocycles. The molecule has 0 fully saturated rings. The van der Waals surface area contributed by atoms with Crippen molar-refractivity contribution in [3.63, 3.8) is 0 Å². The van der Waals surface area contributed by atoms with Gasteiger partial charge in [-0.2, -0.15) is 0 Å². The van der Waals surface area contributed by atoms with Crippen LogP contribution in [-0.2, 0) is 4.79 Å². The van der Waals surface area contributed by atoms with Gasteiger partial charge in [-0.1, -0.05) is 0 Å². The highest BCUT2D eigenvalue weighted by Gasteiger charge is 2.00. The molecule has 4 heteroatoms. The lowest BCUT2D eigenvalue weighted by Crippen LogP contribution is -2.09. The lowest BCUT2D eigenvalue weighted by Gasteiger charge is -2.04. The lowest BCUT2D eigenvalue weighted by molar-refractivity contribution is -0.139. The number of benzene rings is 1. The summed E-state index contributed by atoms with van der Waals surface area (Å²) in [5.41, 5.74) is 0.964. The standard InChI is InChI=1S/C9H10O3S/c1-6-4-7(2-3-8(6)13)12-5-9(10)11/h2-4,13H,5H2,1H3,(H,10,11). The molecule has 0 bridgehead atoms. The Bertz CT molecular complexity index is 323. The van der Waals surface area contributed by atoms with Crippen LogP contribution in [0.3, 0.4) is 0 Å². The molecule has 1 aromatic rings. The highest BCUT2D eigenvalue weighted by atomic mass is 32.1. The summed E-state index contributed by atoms with van der Waals surface area (Å²) in [4.78, 5) is 11.0. The summed E-state index contributed by atoms with van der Waals surface area (Å²) in [6, 6.07) is 5.22. The molecule has 0 amide bonds. The van der Waals surface area contributed by atoms with Gasteiger partial charge >= 0.3 is 5.97 Å². The zero-order valence-corrected chi connectivity index (χ0v) is 8.04. The van der Waals surface area contributed by atoms with Crippen molar-refractivity contribution < 1.29 is 14.6 Å². The fraction of sp³-hybridized carbons (Fsp3) is 0.222. The summed E-state index contributed by atoms with van der Waals surface area (Å²) in [5.74, 6) is -0.426. The van der Waals surface area contributed by atoms with Crippen molar-refractivity contribution >= 4 is 18.6 Å². The van der Waals surface area contributed by atoms with Crippen LogP contribution in [-0.4, -0.2) is 17.7 Å². The van der Waals surface area contributed by atoms with Gasteiger partial charge in [0.05, 0.1) is 0 Å². The fourth-order valence-electron chi connectivity index (χ4n) is 0.863. The van der Waals surface area contributed by atoms with Crippen LogP contribution in [0.25, 0.3) is 0 Å². The van der Waals surface area contributed by atoms with Gasteiger partial charge in [0.1, 0.15) is 5.75 Å². The maximum absolute atomic E-state index is 10.2. The maximum atomic E-state index is 10.2. The van der Waals surface area contributed by atoms with Crippen LogP contribution in [0.15, 0.2) is 23.1 Å². The molecular formula is C9H10O3S. The SMILES string of the molecule is Cc1cc(OCC(=O)O)ccc1S. The maximum Gasteiger partial charge on any atom is 0.341 e. The Balaban J connectivity index is 2.68. The first kappa shape index (κ1) is 9.92. The number of aryl methyl sites for hydroxylation is 1. The van der Waals surface area contributed by atoms with E-state index in [1.54, 1.807) is 18.2 Å². The first-order valence-corrected chi connectivity index (χ1v) is 4.18. The highest BCUT2D eigenvalue weighted by molar-refractivity contribution is 7.80. The number of ether oxygens (including phenoxy) is 1. The molecule has 0 aliphatic rings. The van der Waals surface area contributed by atoms with E-state index in [0.29, 0.717) is 5.75 Å². The Morgan fingerprint density at radius 2 is 2.31 bits per heavy atom. The van der Waals surface area contributed by atoms with Crippen LogP contribution in [0.5, 0.6) is 5.75 Å². The van der Waals surface area contributed by atoms with E-state index in [1.165, 1.54) is 0 Å². The van der Waals surface area contributed by atoms with Gasteiger partial charge in [-0.25, -0.2) is 4.79 Å². The molecule has 0 aliphatic carbocycles. The van der Waals surface area contributed by atoms with E-state index in [-0.39, 0.29) is 6.61 Å². The van der Waals surface area contributed by atoms with Gasteiger partial charge in [0.25, 0.3) is 0 Å².